The van der Waals surface area contributed by atoms with E-state index in [0.29, 0.717) is 18.3 Å². The second-order valence-electron chi connectivity index (χ2n) is 9.06. The van der Waals surface area contributed by atoms with Crippen molar-refractivity contribution in [2.75, 3.05) is 6.61 Å². The third-order valence-electron chi connectivity index (χ3n) is 5.96. The van der Waals surface area contributed by atoms with Crippen molar-refractivity contribution in [2.45, 2.75) is 119 Å². The van der Waals surface area contributed by atoms with Crippen LogP contribution in [-0.4, -0.2) is 18.5 Å². The van der Waals surface area contributed by atoms with Gasteiger partial charge in [-0.15, -0.1) is 0 Å². The van der Waals surface area contributed by atoms with Crippen LogP contribution in [0.4, 0.5) is 0 Å². The normalized spacial score (nSPS) is 15.0. The van der Waals surface area contributed by atoms with Gasteiger partial charge < -0.3 is 4.74 Å². The Morgan fingerprint density at radius 2 is 1.44 bits per heavy atom. The first kappa shape index (κ1) is 24.6. The van der Waals surface area contributed by atoms with Crippen molar-refractivity contribution < 1.29 is 9.53 Å². The highest BCUT2D eigenvalue weighted by molar-refractivity contribution is 5.90. The van der Waals surface area contributed by atoms with E-state index in [-0.39, 0.29) is 16.9 Å². The third kappa shape index (κ3) is 8.24. The van der Waals surface area contributed by atoms with E-state index in [4.69, 9.17) is 4.74 Å². The van der Waals surface area contributed by atoms with Crippen molar-refractivity contribution in [3.8, 4) is 0 Å². The summed E-state index contributed by atoms with van der Waals surface area (Å²) in [7, 11) is 0. The first-order valence-electron chi connectivity index (χ1n) is 10.8. The number of unbranched alkanes of at least 4 members (excludes halogenated alkanes) is 5. The first-order chi connectivity index (χ1) is 11.6. The fraction of sp³-hybridized carbons (Fsp3) is 0.957. The lowest BCUT2D eigenvalue weighted by Crippen LogP contribution is -2.44. The van der Waals surface area contributed by atoms with Gasteiger partial charge in [0.1, 0.15) is 5.78 Å². The van der Waals surface area contributed by atoms with E-state index in [1.165, 1.54) is 38.5 Å². The maximum absolute atomic E-state index is 13.5. The van der Waals surface area contributed by atoms with Crippen LogP contribution in [-0.2, 0) is 9.53 Å². The number of Topliss-reactive ketones (excluding diaryl/α,β-unsaturated/α-hetero) is 1. The maximum atomic E-state index is 13.5. The topological polar surface area (TPSA) is 26.3 Å². The van der Waals surface area contributed by atoms with Crippen LogP contribution >= 0.6 is 0 Å². The molecule has 0 aromatic heterocycles. The first-order valence-corrected chi connectivity index (χ1v) is 10.8. The van der Waals surface area contributed by atoms with Crippen molar-refractivity contribution in [1.29, 1.82) is 0 Å². The smallest absolute Gasteiger partial charge is 0.144 e. The molecule has 25 heavy (non-hydrogen) atoms. The highest BCUT2D eigenvalue weighted by Crippen LogP contribution is 2.44. The Morgan fingerprint density at radius 3 is 1.92 bits per heavy atom. The number of rotatable bonds is 15. The van der Waals surface area contributed by atoms with Gasteiger partial charge in [-0.2, -0.15) is 0 Å². The molecule has 0 aliphatic heterocycles. The summed E-state index contributed by atoms with van der Waals surface area (Å²) in [5.74, 6) is 0.851. The molecule has 0 aliphatic rings. The molecule has 0 N–H and O–H groups in total. The minimum absolute atomic E-state index is 0.175. The molecule has 1 unspecified atom stereocenters. The Morgan fingerprint density at radius 1 is 0.880 bits per heavy atom. The molecule has 0 heterocycles. The van der Waals surface area contributed by atoms with Gasteiger partial charge >= 0.3 is 0 Å². The quantitative estimate of drug-likeness (QED) is 0.291. The van der Waals surface area contributed by atoms with E-state index in [2.05, 4.69) is 55.4 Å². The lowest BCUT2D eigenvalue weighted by molar-refractivity contribution is -0.142. The molecule has 0 bridgehead atoms. The summed E-state index contributed by atoms with van der Waals surface area (Å²) >= 11 is 0. The van der Waals surface area contributed by atoms with Crippen molar-refractivity contribution in [3.05, 3.63) is 0 Å². The van der Waals surface area contributed by atoms with Crippen LogP contribution in [0.25, 0.3) is 0 Å². The van der Waals surface area contributed by atoms with Gasteiger partial charge in [0, 0.05) is 17.4 Å². The molecule has 1 atom stereocenters. The molecular formula is C23H46O2. The monoisotopic (exact) mass is 354 g/mol. The molecule has 0 rings (SSSR count). The molecule has 0 aliphatic carbocycles. The number of carbonyl (C=O) groups excluding carboxylic acids is 1. The Hall–Kier alpha value is -0.370. The Labute approximate surface area is 158 Å². The number of hydrogen-bond donors (Lipinski definition) is 0. The fourth-order valence-electron chi connectivity index (χ4n) is 3.97. The van der Waals surface area contributed by atoms with Gasteiger partial charge in [-0.25, -0.2) is 0 Å². The molecule has 2 nitrogen and oxygen atoms in total. The lowest BCUT2D eigenvalue weighted by atomic mass is 9.61. The highest BCUT2D eigenvalue weighted by Gasteiger charge is 2.45. The van der Waals surface area contributed by atoms with Crippen LogP contribution in [0.5, 0.6) is 0 Å². The minimum atomic E-state index is -0.308. The Kier molecular flexibility index (Phi) is 11.9. The molecule has 2 heteroatoms. The zero-order valence-electron chi connectivity index (χ0n) is 18.5. The van der Waals surface area contributed by atoms with Crippen LogP contribution in [0.2, 0.25) is 0 Å². The van der Waals surface area contributed by atoms with Crippen LogP contribution in [0.1, 0.15) is 113 Å². The minimum Gasteiger partial charge on any atom is -0.379 e. The zero-order valence-corrected chi connectivity index (χ0v) is 18.5. The number of carbonyl (C=O) groups is 1. The van der Waals surface area contributed by atoms with Gasteiger partial charge in [0.15, 0.2) is 0 Å². The summed E-state index contributed by atoms with van der Waals surface area (Å²) in [6.07, 6.45) is 10.8. The predicted octanol–water partition coefficient (Wildman–Crippen LogP) is 7.20. The summed E-state index contributed by atoms with van der Waals surface area (Å²) in [6.45, 7) is 17.9. The molecule has 0 aromatic carbocycles. The number of ether oxygens (including phenoxy) is 1. The standard InChI is InChI=1S/C23H46O2/c1-9-11-12-13-14-15-16-23(10-2,19(3)4)21(24)22(7,8)17-18-25-20(5)6/h19-20H,9-18H2,1-8H3. The molecule has 0 amide bonds. The van der Waals surface area contributed by atoms with Crippen LogP contribution in [0.3, 0.4) is 0 Å². The van der Waals surface area contributed by atoms with Gasteiger partial charge in [0.2, 0.25) is 0 Å². The van der Waals surface area contributed by atoms with E-state index in [9.17, 15) is 4.79 Å². The molecule has 0 saturated heterocycles. The van der Waals surface area contributed by atoms with Crippen LogP contribution < -0.4 is 0 Å². The van der Waals surface area contributed by atoms with Crippen LogP contribution in [0, 0.1) is 16.7 Å². The van der Waals surface area contributed by atoms with Gasteiger partial charge in [-0.3, -0.25) is 4.79 Å². The van der Waals surface area contributed by atoms with E-state index < -0.39 is 0 Å². The highest BCUT2D eigenvalue weighted by atomic mass is 16.5. The second kappa shape index (κ2) is 12.1. The van der Waals surface area contributed by atoms with Crippen LogP contribution in [0.15, 0.2) is 0 Å². The van der Waals surface area contributed by atoms with Gasteiger partial charge in [-0.05, 0) is 39.0 Å². The predicted molar refractivity (Wildman–Crippen MR) is 110 cm³/mol. The molecule has 0 spiro atoms. The number of ketones is 1. The van der Waals surface area contributed by atoms with Crippen molar-refractivity contribution >= 4 is 5.78 Å². The largest absolute Gasteiger partial charge is 0.379 e. The average Bonchev–Trinajstić information content (AvgIpc) is 2.53. The van der Waals surface area contributed by atoms with E-state index >= 15 is 0 Å². The summed E-state index contributed by atoms with van der Waals surface area (Å²) in [5.41, 5.74) is -0.483. The maximum Gasteiger partial charge on any atom is 0.144 e. The third-order valence-corrected chi connectivity index (χ3v) is 5.96. The molecule has 0 aromatic rings. The van der Waals surface area contributed by atoms with Crippen molar-refractivity contribution in [2.24, 2.45) is 16.7 Å². The summed E-state index contributed by atoms with van der Waals surface area (Å²) < 4.78 is 5.72. The second-order valence-corrected chi connectivity index (χ2v) is 9.06. The van der Waals surface area contributed by atoms with Gasteiger partial charge in [0.05, 0.1) is 6.10 Å². The Balaban J connectivity index is 4.88. The molecule has 0 saturated carbocycles. The molecule has 150 valence electrons. The number of hydrogen-bond acceptors (Lipinski definition) is 2. The molecular weight excluding hydrogens is 308 g/mol. The van der Waals surface area contributed by atoms with Gasteiger partial charge in [-0.1, -0.05) is 80.1 Å². The van der Waals surface area contributed by atoms with E-state index in [1.54, 1.807) is 0 Å². The molecule has 0 radical (unpaired) electrons. The van der Waals surface area contributed by atoms with Crippen molar-refractivity contribution in [1.82, 2.24) is 0 Å². The Bertz CT molecular complexity index is 357. The lowest BCUT2D eigenvalue weighted by Gasteiger charge is -2.41. The SMILES string of the molecule is CCCCCCCCC(CC)(C(=O)C(C)(C)CCOC(C)C)C(C)C. The van der Waals surface area contributed by atoms with E-state index in [0.717, 1.165) is 19.3 Å². The summed E-state index contributed by atoms with van der Waals surface area (Å²) in [4.78, 5) is 13.5. The van der Waals surface area contributed by atoms with Gasteiger partial charge in [0.25, 0.3) is 0 Å². The average molecular weight is 355 g/mol. The fourth-order valence-corrected chi connectivity index (χ4v) is 3.97. The molecule has 0 fully saturated rings. The zero-order chi connectivity index (χ0) is 19.5. The van der Waals surface area contributed by atoms with Crippen molar-refractivity contribution in [3.63, 3.8) is 0 Å². The van der Waals surface area contributed by atoms with E-state index in [1.807, 2.05) is 0 Å². The summed E-state index contributed by atoms with van der Waals surface area (Å²) in [5, 5.41) is 0. The summed E-state index contributed by atoms with van der Waals surface area (Å²) in [6, 6.07) is 0.